The van der Waals surface area contributed by atoms with E-state index in [-0.39, 0.29) is 5.82 Å². The summed E-state index contributed by atoms with van der Waals surface area (Å²) in [6, 6.07) is 10.4. The molecule has 0 unspecified atom stereocenters. The van der Waals surface area contributed by atoms with Crippen LogP contribution in [0.3, 0.4) is 0 Å². The predicted octanol–water partition coefficient (Wildman–Crippen LogP) is 3.23. The molecule has 20 heavy (non-hydrogen) atoms. The summed E-state index contributed by atoms with van der Waals surface area (Å²) in [4.78, 5) is 0. The Balaban J connectivity index is 2.52. The highest BCUT2D eigenvalue weighted by molar-refractivity contribution is 5.70. The van der Waals surface area contributed by atoms with E-state index in [0.29, 0.717) is 18.0 Å². The minimum Gasteiger partial charge on any atom is -0.493 e. The highest BCUT2D eigenvalue weighted by Crippen LogP contribution is 2.33. The van der Waals surface area contributed by atoms with Crippen molar-refractivity contribution in [2.75, 3.05) is 21.3 Å². The second kappa shape index (κ2) is 6.39. The summed E-state index contributed by atoms with van der Waals surface area (Å²) in [5.41, 5.74) is 2.77. The average Bonchev–Trinajstić information content (AvgIpc) is 2.48. The standard InChI is InChI=1S/C16H18FNO2/c1-18-10-12-4-6-13(17)9-14(12)11-5-7-15(19-2)16(8-11)20-3/h4-9,18H,10H2,1-3H3. The second-order valence-corrected chi connectivity index (χ2v) is 4.40. The van der Waals surface area contributed by atoms with Crippen molar-refractivity contribution in [3.63, 3.8) is 0 Å². The summed E-state index contributed by atoms with van der Waals surface area (Å²) in [6.45, 7) is 0.671. The second-order valence-electron chi connectivity index (χ2n) is 4.40. The summed E-state index contributed by atoms with van der Waals surface area (Å²) < 4.78 is 24.0. The van der Waals surface area contributed by atoms with Gasteiger partial charge in [-0.2, -0.15) is 0 Å². The fourth-order valence-electron chi connectivity index (χ4n) is 2.17. The van der Waals surface area contributed by atoms with Gasteiger partial charge in [0.05, 0.1) is 14.2 Å². The van der Waals surface area contributed by atoms with Gasteiger partial charge in [0, 0.05) is 6.54 Å². The molecule has 0 saturated heterocycles. The molecule has 2 aromatic carbocycles. The lowest BCUT2D eigenvalue weighted by Crippen LogP contribution is -2.06. The van der Waals surface area contributed by atoms with Gasteiger partial charge in [-0.25, -0.2) is 4.39 Å². The topological polar surface area (TPSA) is 30.5 Å². The van der Waals surface area contributed by atoms with Crippen LogP contribution in [-0.2, 0) is 6.54 Å². The first-order valence-corrected chi connectivity index (χ1v) is 6.35. The Morgan fingerprint density at radius 3 is 2.40 bits per heavy atom. The van der Waals surface area contributed by atoms with E-state index in [0.717, 1.165) is 16.7 Å². The molecule has 3 nitrogen and oxygen atoms in total. The lowest BCUT2D eigenvalue weighted by atomic mass is 9.99. The van der Waals surface area contributed by atoms with E-state index in [1.54, 1.807) is 20.3 Å². The number of rotatable bonds is 5. The number of nitrogens with one attached hydrogen (secondary N) is 1. The minimum atomic E-state index is -0.255. The Hall–Kier alpha value is -2.07. The van der Waals surface area contributed by atoms with Crippen molar-refractivity contribution in [3.8, 4) is 22.6 Å². The zero-order valence-corrected chi connectivity index (χ0v) is 11.9. The van der Waals surface area contributed by atoms with E-state index >= 15 is 0 Å². The quantitative estimate of drug-likeness (QED) is 0.908. The fraction of sp³-hybridized carbons (Fsp3) is 0.250. The van der Waals surface area contributed by atoms with Crippen LogP contribution in [0.1, 0.15) is 5.56 Å². The molecule has 0 fully saturated rings. The number of ether oxygens (including phenoxy) is 2. The maximum absolute atomic E-state index is 13.5. The SMILES string of the molecule is CNCc1ccc(F)cc1-c1ccc(OC)c(OC)c1. The molecule has 0 heterocycles. The molecule has 106 valence electrons. The molecular weight excluding hydrogens is 257 g/mol. The number of halogens is 1. The number of hydrogen-bond acceptors (Lipinski definition) is 3. The van der Waals surface area contributed by atoms with Gasteiger partial charge in [-0.3, -0.25) is 0 Å². The molecule has 2 rings (SSSR count). The molecule has 0 amide bonds. The average molecular weight is 275 g/mol. The first-order valence-electron chi connectivity index (χ1n) is 6.35. The van der Waals surface area contributed by atoms with Crippen LogP contribution in [0.25, 0.3) is 11.1 Å². The Bertz CT molecular complexity index is 599. The van der Waals surface area contributed by atoms with Crippen LogP contribution in [0.4, 0.5) is 4.39 Å². The van der Waals surface area contributed by atoms with Crippen molar-refractivity contribution < 1.29 is 13.9 Å². The molecule has 1 N–H and O–H groups in total. The molecule has 0 aliphatic heterocycles. The van der Waals surface area contributed by atoms with Crippen LogP contribution in [0.5, 0.6) is 11.5 Å². The van der Waals surface area contributed by atoms with Crippen molar-refractivity contribution in [1.29, 1.82) is 0 Å². The van der Waals surface area contributed by atoms with E-state index in [4.69, 9.17) is 9.47 Å². The highest BCUT2D eigenvalue weighted by atomic mass is 19.1. The summed E-state index contributed by atoms with van der Waals surface area (Å²) in [5.74, 6) is 1.03. The monoisotopic (exact) mass is 275 g/mol. The number of methoxy groups -OCH3 is 2. The molecule has 2 aromatic rings. The fourth-order valence-corrected chi connectivity index (χ4v) is 2.17. The maximum Gasteiger partial charge on any atom is 0.161 e. The van der Waals surface area contributed by atoms with Gasteiger partial charge in [0.1, 0.15) is 5.82 Å². The van der Waals surface area contributed by atoms with Crippen molar-refractivity contribution in [1.82, 2.24) is 5.32 Å². The molecule has 0 atom stereocenters. The van der Waals surface area contributed by atoms with Gasteiger partial charge >= 0.3 is 0 Å². The lowest BCUT2D eigenvalue weighted by Gasteiger charge is -2.13. The van der Waals surface area contributed by atoms with E-state index in [1.807, 2.05) is 25.2 Å². The van der Waals surface area contributed by atoms with Crippen molar-refractivity contribution in [2.24, 2.45) is 0 Å². The van der Waals surface area contributed by atoms with Crippen LogP contribution >= 0.6 is 0 Å². The van der Waals surface area contributed by atoms with E-state index < -0.39 is 0 Å². The molecule has 0 aliphatic carbocycles. The molecular formula is C16H18FNO2. The summed E-state index contributed by atoms with van der Waals surface area (Å²) >= 11 is 0. The molecule has 0 spiro atoms. The third kappa shape index (κ3) is 2.91. The third-order valence-corrected chi connectivity index (χ3v) is 3.13. The summed E-state index contributed by atoms with van der Waals surface area (Å²) in [5, 5.41) is 3.09. The Kier molecular flexibility index (Phi) is 4.58. The van der Waals surface area contributed by atoms with Gasteiger partial charge in [0.25, 0.3) is 0 Å². The van der Waals surface area contributed by atoms with E-state index in [9.17, 15) is 4.39 Å². The van der Waals surface area contributed by atoms with Gasteiger partial charge in [0.15, 0.2) is 11.5 Å². The predicted molar refractivity (Wildman–Crippen MR) is 77.7 cm³/mol. The normalized spacial score (nSPS) is 10.4. The van der Waals surface area contributed by atoms with Gasteiger partial charge in [-0.1, -0.05) is 12.1 Å². The number of benzene rings is 2. The first kappa shape index (κ1) is 14.3. The first-order chi connectivity index (χ1) is 9.69. The summed E-state index contributed by atoms with van der Waals surface area (Å²) in [7, 11) is 5.04. The van der Waals surface area contributed by atoms with Crippen LogP contribution in [-0.4, -0.2) is 21.3 Å². The molecule has 0 saturated carbocycles. The zero-order valence-electron chi connectivity index (χ0n) is 11.9. The maximum atomic E-state index is 13.5. The highest BCUT2D eigenvalue weighted by Gasteiger charge is 2.10. The van der Waals surface area contributed by atoms with Gasteiger partial charge in [-0.05, 0) is 48.0 Å². The van der Waals surface area contributed by atoms with Gasteiger partial charge in [0.2, 0.25) is 0 Å². The van der Waals surface area contributed by atoms with Crippen molar-refractivity contribution in [2.45, 2.75) is 6.54 Å². The zero-order chi connectivity index (χ0) is 14.5. The third-order valence-electron chi connectivity index (χ3n) is 3.13. The Labute approximate surface area is 118 Å². The summed E-state index contributed by atoms with van der Waals surface area (Å²) in [6.07, 6.45) is 0. The molecule has 0 radical (unpaired) electrons. The minimum absolute atomic E-state index is 0.255. The molecule has 0 aromatic heterocycles. The van der Waals surface area contributed by atoms with Crippen LogP contribution in [0.2, 0.25) is 0 Å². The smallest absolute Gasteiger partial charge is 0.161 e. The molecule has 0 aliphatic rings. The Morgan fingerprint density at radius 2 is 1.75 bits per heavy atom. The lowest BCUT2D eigenvalue weighted by molar-refractivity contribution is 0.355. The van der Waals surface area contributed by atoms with E-state index in [1.165, 1.54) is 12.1 Å². The van der Waals surface area contributed by atoms with Crippen molar-refractivity contribution in [3.05, 3.63) is 47.8 Å². The van der Waals surface area contributed by atoms with Crippen molar-refractivity contribution >= 4 is 0 Å². The largest absolute Gasteiger partial charge is 0.493 e. The molecule has 4 heteroatoms. The van der Waals surface area contributed by atoms with E-state index in [2.05, 4.69) is 5.32 Å². The van der Waals surface area contributed by atoms with Gasteiger partial charge in [-0.15, -0.1) is 0 Å². The number of hydrogen-bond donors (Lipinski definition) is 1. The van der Waals surface area contributed by atoms with Crippen LogP contribution in [0.15, 0.2) is 36.4 Å². The van der Waals surface area contributed by atoms with Crippen LogP contribution in [0, 0.1) is 5.82 Å². The van der Waals surface area contributed by atoms with Gasteiger partial charge < -0.3 is 14.8 Å². The molecule has 0 bridgehead atoms. The van der Waals surface area contributed by atoms with Crippen LogP contribution < -0.4 is 14.8 Å². The Morgan fingerprint density at radius 1 is 1.00 bits per heavy atom.